The molecule has 0 spiro atoms. The fourth-order valence-corrected chi connectivity index (χ4v) is 1.67. The summed E-state index contributed by atoms with van der Waals surface area (Å²) < 4.78 is 0. The van der Waals surface area contributed by atoms with Gasteiger partial charge < -0.3 is 10.6 Å². The number of nitrogens with zero attached hydrogens (tertiary/aromatic N) is 1. The van der Waals surface area contributed by atoms with Crippen molar-refractivity contribution in [3.63, 3.8) is 0 Å². The molecular weight excluding hydrogens is 166 g/mol. The van der Waals surface area contributed by atoms with Crippen molar-refractivity contribution in [1.29, 1.82) is 5.26 Å². The molecule has 0 aromatic heterocycles. The van der Waals surface area contributed by atoms with E-state index in [0.29, 0.717) is 6.54 Å². The van der Waals surface area contributed by atoms with Crippen LogP contribution in [0.5, 0.6) is 0 Å². The molecule has 1 fully saturated rings. The number of likely N-dealkylation sites (N-methyl/N-ethyl adjacent to an activating group) is 1. The van der Waals surface area contributed by atoms with Gasteiger partial charge in [-0.2, -0.15) is 5.26 Å². The Hall–Kier alpha value is -1.08. The van der Waals surface area contributed by atoms with Gasteiger partial charge in [0.1, 0.15) is 0 Å². The molecule has 1 aliphatic carbocycles. The average Bonchev–Trinajstić information content (AvgIpc) is 2.61. The molecule has 0 aromatic rings. The van der Waals surface area contributed by atoms with Crippen molar-refractivity contribution < 1.29 is 4.79 Å². The van der Waals surface area contributed by atoms with Crippen LogP contribution >= 0.6 is 0 Å². The van der Waals surface area contributed by atoms with Crippen molar-refractivity contribution in [1.82, 2.24) is 10.6 Å². The largest absolute Gasteiger partial charge is 0.358 e. The summed E-state index contributed by atoms with van der Waals surface area (Å²) in [4.78, 5) is 10.9. The molecule has 1 amide bonds. The van der Waals surface area contributed by atoms with Crippen molar-refractivity contribution in [3.05, 3.63) is 0 Å². The van der Waals surface area contributed by atoms with Crippen LogP contribution in [0.15, 0.2) is 0 Å². The van der Waals surface area contributed by atoms with Crippen molar-refractivity contribution >= 4 is 5.91 Å². The first-order valence-electron chi connectivity index (χ1n) is 4.61. The maximum absolute atomic E-state index is 10.9. The molecule has 13 heavy (non-hydrogen) atoms. The summed E-state index contributed by atoms with van der Waals surface area (Å²) in [7, 11) is 1.61. The zero-order valence-electron chi connectivity index (χ0n) is 7.84. The molecule has 4 heteroatoms. The van der Waals surface area contributed by atoms with Crippen LogP contribution in [0.25, 0.3) is 0 Å². The molecule has 1 rings (SSSR count). The smallest absolute Gasteiger partial charge is 0.233 e. The summed E-state index contributed by atoms with van der Waals surface area (Å²) in [6.45, 7) is 0.319. The highest BCUT2D eigenvalue weighted by atomic mass is 16.1. The Morgan fingerprint density at radius 1 is 1.62 bits per heavy atom. The highest BCUT2D eigenvalue weighted by molar-refractivity contribution is 5.77. The zero-order valence-corrected chi connectivity index (χ0v) is 7.84. The van der Waals surface area contributed by atoms with Crippen LogP contribution in [0.4, 0.5) is 0 Å². The highest BCUT2D eigenvalue weighted by Gasteiger charge is 2.26. The third kappa shape index (κ3) is 2.71. The number of hydrogen-bond donors (Lipinski definition) is 2. The topological polar surface area (TPSA) is 64.9 Å². The first-order chi connectivity index (χ1) is 6.27. The maximum Gasteiger partial charge on any atom is 0.233 e. The zero-order chi connectivity index (χ0) is 9.68. The van der Waals surface area contributed by atoms with Gasteiger partial charge in [0.15, 0.2) is 0 Å². The average molecular weight is 181 g/mol. The number of amides is 1. The van der Waals surface area contributed by atoms with Gasteiger partial charge in [-0.05, 0) is 12.8 Å². The Bertz CT molecular complexity index is 221. The molecule has 2 atom stereocenters. The molecule has 4 nitrogen and oxygen atoms in total. The van der Waals surface area contributed by atoms with E-state index >= 15 is 0 Å². The predicted molar refractivity (Wildman–Crippen MR) is 48.8 cm³/mol. The number of carbonyl (C=O) groups excluding carboxylic acids is 1. The maximum atomic E-state index is 10.9. The van der Waals surface area contributed by atoms with Gasteiger partial charge in [-0.3, -0.25) is 4.79 Å². The summed E-state index contributed by atoms with van der Waals surface area (Å²) in [5, 5.41) is 14.4. The molecule has 0 heterocycles. The molecule has 72 valence electrons. The number of carbonyl (C=O) groups is 1. The monoisotopic (exact) mass is 181 g/mol. The van der Waals surface area contributed by atoms with E-state index in [9.17, 15) is 4.79 Å². The van der Waals surface area contributed by atoms with E-state index in [-0.39, 0.29) is 17.9 Å². The highest BCUT2D eigenvalue weighted by Crippen LogP contribution is 2.24. The van der Waals surface area contributed by atoms with E-state index in [1.54, 1.807) is 7.05 Å². The Morgan fingerprint density at radius 3 is 3.00 bits per heavy atom. The van der Waals surface area contributed by atoms with E-state index in [4.69, 9.17) is 5.26 Å². The molecule has 1 aliphatic rings. The second kappa shape index (κ2) is 4.83. The lowest BCUT2D eigenvalue weighted by molar-refractivity contribution is -0.119. The fourth-order valence-electron chi connectivity index (χ4n) is 1.67. The van der Waals surface area contributed by atoms with E-state index in [1.807, 2.05) is 0 Å². The summed E-state index contributed by atoms with van der Waals surface area (Å²) in [5.74, 6) is 0.0632. The predicted octanol–water partition coefficient (Wildman–Crippen LogP) is 0.0143. The molecule has 0 aliphatic heterocycles. The van der Waals surface area contributed by atoms with Crippen molar-refractivity contribution in [2.45, 2.75) is 25.3 Å². The first-order valence-corrected chi connectivity index (χ1v) is 4.61. The standard InChI is InChI=1S/C9H15N3O/c1-11-9(13)6-12-8-4-2-3-7(8)5-10/h7-8,12H,2-4,6H2,1H3,(H,11,13). The Morgan fingerprint density at radius 2 is 2.38 bits per heavy atom. The van der Waals surface area contributed by atoms with Crippen LogP contribution in [0.3, 0.4) is 0 Å². The number of rotatable bonds is 3. The van der Waals surface area contributed by atoms with E-state index < -0.39 is 0 Å². The van der Waals surface area contributed by atoms with Crippen LogP contribution in [0.2, 0.25) is 0 Å². The quantitative estimate of drug-likeness (QED) is 0.645. The summed E-state index contributed by atoms with van der Waals surface area (Å²) in [5.41, 5.74) is 0. The first kappa shape index (κ1) is 10.0. The van der Waals surface area contributed by atoms with Gasteiger partial charge in [0.05, 0.1) is 18.5 Å². The Kier molecular flexibility index (Phi) is 3.71. The van der Waals surface area contributed by atoms with Crippen LogP contribution in [-0.4, -0.2) is 25.5 Å². The van der Waals surface area contributed by atoms with Crippen molar-refractivity contribution in [2.24, 2.45) is 5.92 Å². The molecule has 2 unspecified atom stereocenters. The fraction of sp³-hybridized carbons (Fsp3) is 0.778. The summed E-state index contributed by atoms with van der Waals surface area (Å²) in [6, 6.07) is 2.47. The van der Waals surface area contributed by atoms with E-state index in [2.05, 4.69) is 16.7 Å². The minimum Gasteiger partial charge on any atom is -0.358 e. The molecule has 0 bridgehead atoms. The van der Waals surface area contributed by atoms with Gasteiger partial charge in [0.25, 0.3) is 0 Å². The van der Waals surface area contributed by atoms with E-state index in [0.717, 1.165) is 19.3 Å². The second-order valence-electron chi connectivity index (χ2n) is 3.33. The molecule has 2 N–H and O–H groups in total. The lowest BCUT2D eigenvalue weighted by Gasteiger charge is -2.14. The second-order valence-corrected chi connectivity index (χ2v) is 3.33. The summed E-state index contributed by atoms with van der Waals surface area (Å²) >= 11 is 0. The van der Waals surface area contributed by atoms with Crippen molar-refractivity contribution in [2.75, 3.05) is 13.6 Å². The molecular formula is C9H15N3O. The van der Waals surface area contributed by atoms with Gasteiger partial charge in [-0.25, -0.2) is 0 Å². The molecule has 0 radical (unpaired) electrons. The number of nitrogens with one attached hydrogen (secondary N) is 2. The Balaban J connectivity index is 2.29. The lowest BCUT2D eigenvalue weighted by Crippen LogP contribution is -2.39. The number of hydrogen-bond acceptors (Lipinski definition) is 3. The lowest BCUT2D eigenvalue weighted by atomic mass is 10.1. The van der Waals surface area contributed by atoms with Gasteiger partial charge in [0, 0.05) is 13.1 Å². The normalized spacial score (nSPS) is 26.8. The van der Waals surface area contributed by atoms with E-state index in [1.165, 1.54) is 0 Å². The minimum absolute atomic E-state index is 0.0245. The molecule has 0 saturated heterocycles. The third-order valence-electron chi connectivity index (χ3n) is 2.49. The molecule has 1 saturated carbocycles. The molecule has 0 aromatic carbocycles. The van der Waals surface area contributed by atoms with Crippen LogP contribution in [0, 0.1) is 17.2 Å². The van der Waals surface area contributed by atoms with Crippen molar-refractivity contribution in [3.8, 4) is 6.07 Å². The van der Waals surface area contributed by atoms with Gasteiger partial charge >= 0.3 is 0 Å². The third-order valence-corrected chi connectivity index (χ3v) is 2.49. The van der Waals surface area contributed by atoms with Gasteiger partial charge in [-0.15, -0.1) is 0 Å². The SMILES string of the molecule is CNC(=O)CNC1CCCC1C#N. The van der Waals surface area contributed by atoms with Crippen LogP contribution in [-0.2, 0) is 4.79 Å². The van der Waals surface area contributed by atoms with Crippen LogP contribution in [0.1, 0.15) is 19.3 Å². The van der Waals surface area contributed by atoms with Crippen LogP contribution < -0.4 is 10.6 Å². The van der Waals surface area contributed by atoms with Gasteiger partial charge in [0.2, 0.25) is 5.91 Å². The summed E-state index contributed by atoms with van der Waals surface area (Å²) in [6.07, 6.45) is 3.06. The minimum atomic E-state index is -0.0245. The van der Waals surface area contributed by atoms with Gasteiger partial charge in [-0.1, -0.05) is 6.42 Å². The Labute approximate surface area is 78.3 Å². The number of nitriles is 1.